The van der Waals surface area contributed by atoms with Gasteiger partial charge in [0.05, 0.1) is 12.2 Å². The van der Waals surface area contributed by atoms with Crippen molar-refractivity contribution in [1.29, 1.82) is 0 Å². The number of allylic oxidation sites excluding steroid dienone is 2. The minimum absolute atomic E-state index is 0. The minimum Gasteiger partial charge on any atom is -0.463 e. The molecule has 0 aromatic heterocycles. The van der Waals surface area contributed by atoms with Crippen molar-refractivity contribution < 1.29 is 24.9 Å². The number of unbranched alkanes of at least 4 members (excludes halogenated alkanes) is 5. The lowest BCUT2D eigenvalue weighted by molar-refractivity contribution is -0.147. The van der Waals surface area contributed by atoms with E-state index in [1.807, 2.05) is 13.8 Å². The Hall–Kier alpha value is -1.20. The van der Waals surface area contributed by atoms with Gasteiger partial charge in [-0.15, -0.1) is 0 Å². The lowest BCUT2D eigenvalue weighted by Crippen LogP contribution is -2.20. The Balaban J connectivity index is 0.00000900. The number of carbonyl (C=O) groups is 2. The maximum Gasteiger partial charge on any atom is 0.306 e. The van der Waals surface area contributed by atoms with Crippen molar-refractivity contribution in [3.05, 3.63) is 12.2 Å². The third-order valence-corrected chi connectivity index (χ3v) is 6.40. The molecule has 0 radical (unpaired) electrons. The molecule has 182 valence electrons. The van der Waals surface area contributed by atoms with Gasteiger partial charge in [0, 0.05) is 19.3 Å². The number of aliphatic hydroxyl groups is 1. The largest absolute Gasteiger partial charge is 0.463 e. The number of Topliss-reactive ketones (excluding diaryl/α,β-unsaturated/α-hetero) is 1. The van der Waals surface area contributed by atoms with Crippen LogP contribution in [0.15, 0.2) is 12.2 Å². The zero-order chi connectivity index (χ0) is 22.4. The van der Waals surface area contributed by atoms with Crippen LogP contribution in [0, 0.1) is 17.8 Å². The Labute approximate surface area is 190 Å². The molecule has 0 aromatic rings. The van der Waals surface area contributed by atoms with E-state index in [2.05, 4.69) is 26.0 Å². The molecular formula is C26H48O5. The van der Waals surface area contributed by atoms with Gasteiger partial charge in [-0.3, -0.25) is 9.59 Å². The number of ketones is 1. The van der Waals surface area contributed by atoms with Crippen molar-refractivity contribution >= 4 is 11.8 Å². The van der Waals surface area contributed by atoms with Gasteiger partial charge in [-0.1, -0.05) is 51.7 Å². The molecule has 1 rings (SSSR count). The molecule has 5 heteroatoms. The van der Waals surface area contributed by atoms with Gasteiger partial charge < -0.3 is 15.3 Å². The van der Waals surface area contributed by atoms with Crippen molar-refractivity contribution in [2.24, 2.45) is 17.8 Å². The Morgan fingerprint density at radius 3 is 2.39 bits per heavy atom. The second-order valence-corrected chi connectivity index (χ2v) is 9.49. The molecule has 1 aliphatic carbocycles. The quantitative estimate of drug-likeness (QED) is 0.193. The number of rotatable bonds is 16. The van der Waals surface area contributed by atoms with E-state index in [9.17, 15) is 14.7 Å². The van der Waals surface area contributed by atoms with E-state index >= 15 is 0 Å². The highest BCUT2D eigenvalue weighted by molar-refractivity contribution is 5.78. The SMILES string of the molecule is CCCCCCCC(=O)CC[C@@H]1[C@@H](C/C=C\CCCC(=O)OC(C)C)[C@@H](O)C[C@H]1C.O. The first-order valence-electron chi connectivity index (χ1n) is 12.4. The van der Waals surface area contributed by atoms with Crippen LogP contribution in [0.5, 0.6) is 0 Å². The normalized spacial score (nSPS) is 23.3. The Morgan fingerprint density at radius 2 is 1.71 bits per heavy atom. The van der Waals surface area contributed by atoms with E-state index < -0.39 is 0 Å². The molecule has 1 fully saturated rings. The van der Waals surface area contributed by atoms with Gasteiger partial charge in [0.1, 0.15) is 5.78 Å². The van der Waals surface area contributed by atoms with E-state index in [4.69, 9.17) is 4.74 Å². The number of ether oxygens (including phenoxy) is 1. The van der Waals surface area contributed by atoms with Crippen molar-refractivity contribution in [1.82, 2.24) is 0 Å². The third-order valence-electron chi connectivity index (χ3n) is 6.40. The van der Waals surface area contributed by atoms with Crippen molar-refractivity contribution in [3.63, 3.8) is 0 Å². The number of hydrogen-bond acceptors (Lipinski definition) is 4. The average molecular weight is 441 g/mol. The van der Waals surface area contributed by atoms with Crippen molar-refractivity contribution in [3.8, 4) is 0 Å². The molecule has 0 aromatic carbocycles. The molecular weight excluding hydrogens is 392 g/mol. The molecule has 0 aliphatic heterocycles. The molecule has 31 heavy (non-hydrogen) atoms. The fourth-order valence-electron chi connectivity index (χ4n) is 4.70. The highest BCUT2D eigenvalue weighted by atomic mass is 16.5. The molecule has 0 spiro atoms. The third kappa shape index (κ3) is 13.1. The zero-order valence-corrected chi connectivity index (χ0v) is 20.4. The second-order valence-electron chi connectivity index (χ2n) is 9.49. The fraction of sp³-hybridized carbons (Fsp3) is 0.846. The van der Waals surface area contributed by atoms with Crippen LogP contribution >= 0.6 is 0 Å². The van der Waals surface area contributed by atoms with E-state index in [-0.39, 0.29) is 29.6 Å². The summed E-state index contributed by atoms with van der Waals surface area (Å²) in [7, 11) is 0. The maximum absolute atomic E-state index is 12.3. The predicted molar refractivity (Wildman–Crippen MR) is 127 cm³/mol. The lowest BCUT2D eigenvalue weighted by atomic mass is 9.83. The topological polar surface area (TPSA) is 95.1 Å². The van der Waals surface area contributed by atoms with Gasteiger partial charge in [0.15, 0.2) is 0 Å². The summed E-state index contributed by atoms with van der Waals surface area (Å²) < 4.78 is 5.14. The Kier molecular flexibility index (Phi) is 16.7. The molecule has 0 amide bonds. The monoisotopic (exact) mass is 440 g/mol. The standard InChI is InChI=1S/C26H46O4.H2O/c1-5-6-7-8-11-14-22(27)17-18-23-21(4)19-25(28)24(23)15-12-9-10-13-16-26(29)30-20(2)3;/h9,12,20-21,23-25,28H,5-8,10-11,13-19H2,1-4H3;1H2/b12-9-;/t21-,23+,24-,25+;/m1./s1. The second kappa shape index (κ2) is 17.4. The van der Waals surface area contributed by atoms with Crippen LogP contribution in [0.25, 0.3) is 0 Å². The highest BCUT2D eigenvalue weighted by Gasteiger charge is 2.39. The summed E-state index contributed by atoms with van der Waals surface area (Å²) in [6.45, 7) is 8.15. The first-order chi connectivity index (χ1) is 14.3. The Bertz CT molecular complexity index is 514. The van der Waals surface area contributed by atoms with Gasteiger partial charge in [-0.25, -0.2) is 0 Å². The van der Waals surface area contributed by atoms with E-state index in [1.165, 1.54) is 25.7 Å². The van der Waals surface area contributed by atoms with Crippen LogP contribution in [0.2, 0.25) is 0 Å². The molecule has 4 atom stereocenters. The van der Waals surface area contributed by atoms with Crippen LogP contribution < -0.4 is 0 Å². The summed E-state index contributed by atoms with van der Waals surface area (Å²) in [6.07, 6.45) is 16.0. The van der Waals surface area contributed by atoms with Crippen LogP contribution in [-0.2, 0) is 14.3 Å². The van der Waals surface area contributed by atoms with Gasteiger partial charge in [0.25, 0.3) is 0 Å². The predicted octanol–water partition coefficient (Wildman–Crippen LogP) is 5.57. The number of carbonyl (C=O) groups excluding carboxylic acids is 2. The summed E-state index contributed by atoms with van der Waals surface area (Å²) in [5.41, 5.74) is 0. The van der Waals surface area contributed by atoms with Crippen LogP contribution in [-0.4, -0.2) is 34.5 Å². The molecule has 1 aliphatic rings. The fourth-order valence-corrected chi connectivity index (χ4v) is 4.70. The molecule has 0 unspecified atom stereocenters. The van der Waals surface area contributed by atoms with E-state index in [0.29, 0.717) is 30.5 Å². The van der Waals surface area contributed by atoms with E-state index in [1.54, 1.807) is 0 Å². The van der Waals surface area contributed by atoms with Crippen LogP contribution in [0.1, 0.15) is 111 Å². The van der Waals surface area contributed by atoms with Crippen LogP contribution in [0.3, 0.4) is 0 Å². The van der Waals surface area contributed by atoms with Gasteiger partial charge in [0.2, 0.25) is 0 Å². The smallest absolute Gasteiger partial charge is 0.306 e. The molecule has 5 nitrogen and oxygen atoms in total. The molecule has 0 saturated heterocycles. The van der Waals surface area contributed by atoms with Gasteiger partial charge >= 0.3 is 5.97 Å². The number of hydrogen-bond donors (Lipinski definition) is 1. The van der Waals surface area contributed by atoms with Crippen LogP contribution in [0.4, 0.5) is 0 Å². The van der Waals surface area contributed by atoms with Crippen molar-refractivity contribution in [2.45, 2.75) is 123 Å². The van der Waals surface area contributed by atoms with Crippen molar-refractivity contribution in [2.75, 3.05) is 0 Å². The zero-order valence-electron chi connectivity index (χ0n) is 20.4. The number of aliphatic hydroxyl groups excluding tert-OH is 1. The highest BCUT2D eigenvalue weighted by Crippen LogP contribution is 2.42. The number of esters is 1. The van der Waals surface area contributed by atoms with Gasteiger partial charge in [-0.05, 0) is 70.1 Å². The summed E-state index contributed by atoms with van der Waals surface area (Å²) in [5.74, 6) is 1.41. The first kappa shape index (κ1) is 29.8. The molecule has 3 N–H and O–H groups in total. The summed E-state index contributed by atoms with van der Waals surface area (Å²) in [6, 6.07) is 0. The first-order valence-corrected chi connectivity index (χ1v) is 12.4. The summed E-state index contributed by atoms with van der Waals surface area (Å²) in [4.78, 5) is 23.8. The lowest BCUT2D eigenvalue weighted by Gasteiger charge is -2.23. The summed E-state index contributed by atoms with van der Waals surface area (Å²) >= 11 is 0. The van der Waals surface area contributed by atoms with Gasteiger partial charge in [-0.2, -0.15) is 0 Å². The maximum atomic E-state index is 12.3. The Morgan fingerprint density at radius 1 is 1.00 bits per heavy atom. The van der Waals surface area contributed by atoms with E-state index in [0.717, 1.165) is 44.9 Å². The molecule has 1 saturated carbocycles. The average Bonchev–Trinajstić information content (AvgIpc) is 2.94. The molecule has 0 bridgehead atoms. The summed E-state index contributed by atoms with van der Waals surface area (Å²) in [5, 5.41) is 10.5. The molecule has 0 heterocycles. The minimum atomic E-state index is -0.264.